The van der Waals surface area contributed by atoms with Crippen molar-refractivity contribution < 1.29 is 0 Å². The molecule has 0 amide bonds. The molecule has 0 radical (unpaired) electrons. The van der Waals surface area contributed by atoms with Gasteiger partial charge in [0.15, 0.2) is 5.96 Å². The van der Waals surface area contributed by atoms with Crippen molar-refractivity contribution in [2.75, 3.05) is 20.6 Å². The van der Waals surface area contributed by atoms with Crippen LogP contribution in [0, 0.1) is 17.8 Å². The maximum Gasteiger partial charge on any atom is 0.193 e. The lowest BCUT2D eigenvalue weighted by atomic mass is 9.98. The molecule has 0 bridgehead atoms. The highest BCUT2D eigenvalue weighted by Gasteiger charge is 2.41. The zero-order valence-electron chi connectivity index (χ0n) is 13.3. The molecular weight excluding hydrogens is 258 g/mol. The van der Waals surface area contributed by atoms with E-state index in [-0.39, 0.29) is 0 Å². The van der Waals surface area contributed by atoms with Crippen LogP contribution in [0.3, 0.4) is 0 Å². The molecule has 0 heterocycles. The third kappa shape index (κ3) is 3.99. The van der Waals surface area contributed by atoms with Crippen molar-refractivity contribution in [3.8, 4) is 0 Å². The van der Waals surface area contributed by atoms with E-state index in [4.69, 9.17) is 0 Å². The number of nitrogens with zero attached hydrogens (tertiary/aromatic N) is 2. The molecular formula is C18H27N3. The Labute approximate surface area is 128 Å². The number of hydrogen-bond donors (Lipinski definition) is 1. The van der Waals surface area contributed by atoms with Crippen LogP contribution in [0.15, 0.2) is 35.3 Å². The summed E-state index contributed by atoms with van der Waals surface area (Å²) in [7, 11) is 4.00. The number of rotatable bonds is 6. The molecule has 3 rings (SSSR count). The van der Waals surface area contributed by atoms with Crippen LogP contribution in [-0.4, -0.2) is 31.5 Å². The fraction of sp³-hybridized carbons (Fsp3) is 0.611. The van der Waals surface area contributed by atoms with E-state index in [0.717, 1.165) is 36.8 Å². The van der Waals surface area contributed by atoms with Gasteiger partial charge >= 0.3 is 0 Å². The van der Waals surface area contributed by atoms with E-state index in [2.05, 4.69) is 52.6 Å². The average Bonchev–Trinajstić information content (AvgIpc) is 3.38. The Kier molecular flexibility index (Phi) is 4.47. The number of benzene rings is 1. The van der Waals surface area contributed by atoms with Crippen molar-refractivity contribution in [2.24, 2.45) is 22.7 Å². The molecule has 0 saturated heterocycles. The Hall–Kier alpha value is -1.51. The monoisotopic (exact) mass is 285 g/mol. The smallest absolute Gasteiger partial charge is 0.193 e. The third-order valence-corrected chi connectivity index (χ3v) is 4.79. The zero-order valence-corrected chi connectivity index (χ0v) is 13.3. The van der Waals surface area contributed by atoms with Crippen LogP contribution in [0.1, 0.15) is 31.2 Å². The molecule has 21 heavy (non-hydrogen) atoms. The predicted molar refractivity (Wildman–Crippen MR) is 88.2 cm³/mol. The van der Waals surface area contributed by atoms with Gasteiger partial charge in [-0.05, 0) is 49.0 Å². The van der Waals surface area contributed by atoms with Crippen LogP contribution in [0.4, 0.5) is 0 Å². The van der Waals surface area contributed by atoms with Crippen molar-refractivity contribution in [1.82, 2.24) is 10.2 Å². The summed E-state index contributed by atoms with van der Waals surface area (Å²) in [6, 6.07) is 10.6. The molecule has 2 aliphatic carbocycles. The maximum atomic E-state index is 4.45. The summed E-state index contributed by atoms with van der Waals surface area (Å²) in [6.07, 6.45) is 5.78. The molecule has 2 aliphatic rings. The van der Waals surface area contributed by atoms with Crippen molar-refractivity contribution >= 4 is 5.96 Å². The van der Waals surface area contributed by atoms with Gasteiger partial charge in [0.1, 0.15) is 0 Å². The third-order valence-electron chi connectivity index (χ3n) is 4.79. The SMILES string of the molecule is CN=C(NCC(C1CC1)C1CC1)N(C)Cc1ccccc1. The Balaban J connectivity index is 1.52. The first-order valence-corrected chi connectivity index (χ1v) is 8.23. The van der Waals surface area contributed by atoms with E-state index in [1.807, 2.05) is 7.05 Å². The molecule has 0 spiro atoms. The zero-order chi connectivity index (χ0) is 14.7. The Bertz CT molecular complexity index is 462. The minimum absolute atomic E-state index is 0.881. The van der Waals surface area contributed by atoms with Crippen LogP contribution in [-0.2, 0) is 6.54 Å². The van der Waals surface area contributed by atoms with Crippen molar-refractivity contribution in [3.63, 3.8) is 0 Å². The summed E-state index contributed by atoms with van der Waals surface area (Å²) in [5.41, 5.74) is 1.32. The molecule has 3 nitrogen and oxygen atoms in total. The van der Waals surface area contributed by atoms with Gasteiger partial charge in [-0.2, -0.15) is 0 Å². The van der Waals surface area contributed by atoms with Crippen LogP contribution in [0.5, 0.6) is 0 Å². The average molecular weight is 285 g/mol. The molecule has 1 aromatic carbocycles. The Morgan fingerprint density at radius 1 is 1.19 bits per heavy atom. The summed E-state index contributed by atoms with van der Waals surface area (Å²) in [6.45, 7) is 2.00. The highest BCUT2D eigenvalue weighted by atomic mass is 15.3. The molecule has 0 aromatic heterocycles. The van der Waals surface area contributed by atoms with Gasteiger partial charge in [0.25, 0.3) is 0 Å². The van der Waals surface area contributed by atoms with Crippen molar-refractivity contribution in [3.05, 3.63) is 35.9 Å². The van der Waals surface area contributed by atoms with Crippen LogP contribution >= 0.6 is 0 Å². The van der Waals surface area contributed by atoms with Gasteiger partial charge in [0.05, 0.1) is 0 Å². The summed E-state index contributed by atoms with van der Waals surface area (Å²) < 4.78 is 0. The van der Waals surface area contributed by atoms with E-state index in [1.165, 1.54) is 31.2 Å². The Morgan fingerprint density at radius 2 is 1.81 bits per heavy atom. The van der Waals surface area contributed by atoms with Gasteiger partial charge in [0, 0.05) is 27.2 Å². The molecule has 0 atom stereocenters. The minimum atomic E-state index is 0.881. The predicted octanol–water partition coefficient (Wildman–Crippen LogP) is 3.13. The maximum absolute atomic E-state index is 4.45. The first-order chi connectivity index (χ1) is 10.3. The van der Waals surface area contributed by atoms with E-state index < -0.39 is 0 Å². The van der Waals surface area contributed by atoms with Gasteiger partial charge in [-0.3, -0.25) is 4.99 Å². The van der Waals surface area contributed by atoms with Gasteiger partial charge < -0.3 is 10.2 Å². The lowest BCUT2D eigenvalue weighted by Crippen LogP contribution is -2.41. The number of hydrogen-bond acceptors (Lipinski definition) is 1. The highest BCUT2D eigenvalue weighted by Crippen LogP contribution is 2.48. The lowest BCUT2D eigenvalue weighted by Gasteiger charge is -2.25. The molecule has 1 aromatic rings. The van der Waals surface area contributed by atoms with E-state index in [0.29, 0.717) is 0 Å². The number of guanidine groups is 1. The first kappa shape index (κ1) is 14.4. The summed E-state index contributed by atoms with van der Waals surface area (Å²) in [4.78, 5) is 6.66. The second kappa shape index (κ2) is 6.50. The van der Waals surface area contributed by atoms with Crippen LogP contribution < -0.4 is 5.32 Å². The van der Waals surface area contributed by atoms with Crippen molar-refractivity contribution in [2.45, 2.75) is 32.2 Å². The summed E-state index contributed by atoms with van der Waals surface area (Å²) in [5, 5.41) is 3.61. The fourth-order valence-electron chi connectivity index (χ4n) is 3.29. The standard InChI is InChI=1S/C18H27N3/c1-19-18(21(2)13-14-6-4-3-5-7-14)20-12-17(15-8-9-15)16-10-11-16/h3-7,15-17H,8-13H2,1-2H3,(H,19,20). The van der Waals surface area contributed by atoms with Gasteiger partial charge in [-0.1, -0.05) is 30.3 Å². The Morgan fingerprint density at radius 3 is 2.33 bits per heavy atom. The van der Waals surface area contributed by atoms with Gasteiger partial charge in [-0.15, -0.1) is 0 Å². The molecule has 0 unspecified atom stereocenters. The van der Waals surface area contributed by atoms with Gasteiger partial charge in [-0.25, -0.2) is 0 Å². The molecule has 0 aliphatic heterocycles. The first-order valence-electron chi connectivity index (χ1n) is 8.23. The van der Waals surface area contributed by atoms with E-state index in [9.17, 15) is 0 Å². The van der Waals surface area contributed by atoms with Crippen molar-refractivity contribution in [1.29, 1.82) is 0 Å². The molecule has 114 valence electrons. The normalized spacial score (nSPS) is 18.9. The molecule has 2 fully saturated rings. The van der Waals surface area contributed by atoms with Crippen LogP contribution in [0.25, 0.3) is 0 Å². The largest absolute Gasteiger partial charge is 0.356 e. The minimum Gasteiger partial charge on any atom is -0.356 e. The number of aliphatic imine (C=N–C) groups is 1. The molecule has 2 saturated carbocycles. The summed E-state index contributed by atoms with van der Waals surface area (Å²) >= 11 is 0. The second-order valence-electron chi connectivity index (χ2n) is 6.61. The van der Waals surface area contributed by atoms with E-state index >= 15 is 0 Å². The van der Waals surface area contributed by atoms with Crippen LogP contribution in [0.2, 0.25) is 0 Å². The topological polar surface area (TPSA) is 27.6 Å². The van der Waals surface area contributed by atoms with E-state index in [1.54, 1.807) is 0 Å². The lowest BCUT2D eigenvalue weighted by molar-refractivity contribution is 0.387. The van der Waals surface area contributed by atoms with Gasteiger partial charge in [0.2, 0.25) is 0 Å². The quantitative estimate of drug-likeness (QED) is 0.642. The fourth-order valence-corrected chi connectivity index (χ4v) is 3.29. The number of nitrogens with one attached hydrogen (secondary N) is 1. The highest BCUT2D eigenvalue weighted by molar-refractivity contribution is 5.79. The molecule has 1 N–H and O–H groups in total. The second-order valence-corrected chi connectivity index (χ2v) is 6.61. The molecule has 3 heteroatoms. The summed E-state index contributed by atoms with van der Waals surface area (Å²) in [5.74, 6) is 3.88.